The lowest BCUT2D eigenvalue weighted by Gasteiger charge is -2.13. The second-order valence-corrected chi connectivity index (χ2v) is 7.06. The van der Waals surface area contributed by atoms with Gasteiger partial charge in [0.15, 0.2) is 0 Å². The summed E-state index contributed by atoms with van der Waals surface area (Å²) in [4.78, 5) is 3.68. The van der Waals surface area contributed by atoms with Crippen molar-refractivity contribution in [1.29, 1.82) is 0 Å². The summed E-state index contributed by atoms with van der Waals surface area (Å²) in [7, 11) is 0. The molecule has 1 aromatic heterocycles. The quantitative estimate of drug-likeness (QED) is 0.599. The van der Waals surface area contributed by atoms with Crippen LogP contribution in [-0.2, 0) is 12.6 Å². The first-order valence-corrected chi connectivity index (χ1v) is 9.14. The normalized spacial score (nSPS) is 14.4. The lowest BCUT2D eigenvalue weighted by Crippen LogP contribution is -2.18. The van der Waals surface area contributed by atoms with E-state index in [1.165, 1.54) is 18.9 Å². The summed E-state index contributed by atoms with van der Waals surface area (Å²) >= 11 is 5.90. The minimum Gasteiger partial charge on any atom is -0.508 e. The maximum absolute atomic E-state index is 12.7. The molecule has 0 radical (unpaired) electrons. The van der Waals surface area contributed by atoms with Crippen LogP contribution in [0.2, 0.25) is 5.02 Å². The summed E-state index contributed by atoms with van der Waals surface area (Å²) in [5, 5.41) is 12.9. The molecule has 27 heavy (non-hydrogen) atoms. The number of ether oxygens (including phenoxy) is 1. The van der Waals surface area contributed by atoms with E-state index in [0.717, 1.165) is 37.1 Å². The zero-order valence-electron chi connectivity index (χ0n) is 14.5. The van der Waals surface area contributed by atoms with Gasteiger partial charge in [0.25, 0.3) is 0 Å². The number of nitrogens with zero attached hydrogens (tertiary/aromatic N) is 1. The zero-order valence-corrected chi connectivity index (χ0v) is 15.3. The Morgan fingerprint density at radius 2 is 2.04 bits per heavy atom. The van der Waals surface area contributed by atoms with Crippen molar-refractivity contribution >= 4 is 11.6 Å². The number of hydrogen-bond donors (Lipinski definition) is 2. The van der Waals surface area contributed by atoms with Gasteiger partial charge in [-0.15, -0.1) is 0 Å². The van der Waals surface area contributed by atoms with Crippen LogP contribution >= 0.6 is 11.6 Å². The largest absolute Gasteiger partial charge is 0.508 e. The molecular formula is C19H20ClF3N2O2. The number of nitrogens with one attached hydrogen (secondary N) is 1. The Morgan fingerprint density at radius 3 is 2.70 bits per heavy atom. The van der Waals surface area contributed by atoms with E-state index in [-0.39, 0.29) is 16.7 Å². The molecule has 2 N–H and O–H groups in total. The lowest BCUT2D eigenvalue weighted by atomic mass is 10.1. The molecule has 1 heterocycles. The van der Waals surface area contributed by atoms with E-state index in [0.29, 0.717) is 18.4 Å². The third-order valence-electron chi connectivity index (χ3n) is 4.32. The van der Waals surface area contributed by atoms with Crippen molar-refractivity contribution in [3.05, 3.63) is 46.6 Å². The summed E-state index contributed by atoms with van der Waals surface area (Å²) < 4.78 is 43.8. The van der Waals surface area contributed by atoms with Crippen LogP contribution in [0.15, 0.2) is 30.5 Å². The average Bonchev–Trinajstić information content (AvgIpc) is 3.41. The molecular weight excluding hydrogens is 381 g/mol. The number of rotatable bonds is 8. The maximum Gasteiger partial charge on any atom is 0.417 e. The molecule has 1 aromatic carbocycles. The zero-order chi connectivity index (χ0) is 19.4. The van der Waals surface area contributed by atoms with E-state index in [9.17, 15) is 18.3 Å². The second kappa shape index (κ2) is 8.35. The van der Waals surface area contributed by atoms with Crippen LogP contribution in [0.25, 0.3) is 0 Å². The molecule has 0 bridgehead atoms. The molecule has 0 spiro atoms. The molecule has 1 aliphatic rings. The van der Waals surface area contributed by atoms with Crippen molar-refractivity contribution in [2.24, 2.45) is 5.92 Å². The highest BCUT2D eigenvalue weighted by Gasteiger charge is 2.32. The molecule has 0 saturated heterocycles. The average molecular weight is 401 g/mol. The smallest absolute Gasteiger partial charge is 0.417 e. The number of hydrogen-bond acceptors (Lipinski definition) is 4. The molecule has 8 heteroatoms. The van der Waals surface area contributed by atoms with Gasteiger partial charge < -0.3 is 15.2 Å². The third-order valence-corrected chi connectivity index (χ3v) is 4.59. The van der Waals surface area contributed by atoms with Crippen LogP contribution < -0.4 is 10.1 Å². The van der Waals surface area contributed by atoms with Crippen molar-refractivity contribution in [2.45, 2.75) is 31.9 Å². The Hall–Kier alpha value is -1.99. The van der Waals surface area contributed by atoms with Gasteiger partial charge in [-0.3, -0.25) is 0 Å². The van der Waals surface area contributed by atoms with Gasteiger partial charge in [-0.2, -0.15) is 13.2 Å². The molecule has 0 atom stereocenters. The van der Waals surface area contributed by atoms with Crippen LogP contribution in [0.4, 0.5) is 13.2 Å². The number of aromatic hydroxyl groups is 1. The molecule has 1 aliphatic carbocycles. The van der Waals surface area contributed by atoms with E-state index < -0.39 is 11.7 Å². The van der Waals surface area contributed by atoms with Crippen molar-refractivity contribution in [2.75, 3.05) is 13.1 Å². The topological polar surface area (TPSA) is 54.4 Å². The molecule has 146 valence electrons. The molecule has 1 saturated carbocycles. The Morgan fingerprint density at radius 1 is 1.26 bits per heavy atom. The Kier molecular flexibility index (Phi) is 6.11. The van der Waals surface area contributed by atoms with Crippen LogP contribution in [0.1, 0.15) is 30.4 Å². The lowest BCUT2D eigenvalue weighted by molar-refractivity contribution is -0.137. The van der Waals surface area contributed by atoms with Gasteiger partial charge >= 0.3 is 6.18 Å². The molecule has 0 unspecified atom stereocenters. The number of pyridine rings is 1. The van der Waals surface area contributed by atoms with Gasteiger partial charge in [0.1, 0.15) is 16.5 Å². The van der Waals surface area contributed by atoms with E-state index in [4.69, 9.17) is 16.3 Å². The van der Waals surface area contributed by atoms with E-state index in [1.54, 1.807) is 12.1 Å². The Bertz CT molecular complexity index is 795. The number of aromatic nitrogens is 1. The predicted molar refractivity (Wildman–Crippen MR) is 96.3 cm³/mol. The molecule has 1 fully saturated rings. The molecule has 0 aliphatic heterocycles. The fourth-order valence-electron chi connectivity index (χ4n) is 2.64. The minimum atomic E-state index is -4.53. The fourth-order valence-corrected chi connectivity index (χ4v) is 2.84. The van der Waals surface area contributed by atoms with E-state index >= 15 is 0 Å². The van der Waals surface area contributed by atoms with Crippen molar-refractivity contribution in [1.82, 2.24) is 10.3 Å². The van der Waals surface area contributed by atoms with E-state index in [2.05, 4.69) is 10.3 Å². The second-order valence-electron chi connectivity index (χ2n) is 6.65. The van der Waals surface area contributed by atoms with Crippen molar-refractivity contribution in [3.63, 3.8) is 0 Å². The number of phenols is 1. The summed E-state index contributed by atoms with van der Waals surface area (Å²) in [6.07, 6.45) is 0.283. The Balaban J connectivity index is 1.67. The first-order valence-electron chi connectivity index (χ1n) is 8.76. The standard InChI is InChI=1S/C19H20ClF3N2O2/c20-16-8-14(19(21,22)23)11-25-18(16)27-17-9-15(26)6-5-13(17)2-1-7-24-10-12-3-4-12/h5-6,8-9,11-12,24,26H,1-4,7,10H2. The number of halogens is 4. The monoisotopic (exact) mass is 400 g/mol. The summed E-state index contributed by atoms with van der Waals surface area (Å²) in [5.41, 5.74) is -0.128. The highest BCUT2D eigenvalue weighted by Crippen LogP contribution is 2.36. The number of phenolic OH excluding ortho intramolecular Hbond substituents is 1. The fraction of sp³-hybridized carbons (Fsp3) is 0.421. The summed E-state index contributed by atoms with van der Waals surface area (Å²) in [5.74, 6) is 0.990. The summed E-state index contributed by atoms with van der Waals surface area (Å²) in [6, 6.07) is 5.45. The van der Waals surface area contributed by atoms with Gasteiger partial charge in [0, 0.05) is 12.3 Å². The highest BCUT2D eigenvalue weighted by molar-refractivity contribution is 6.31. The van der Waals surface area contributed by atoms with Gasteiger partial charge in [-0.1, -0.05) is 17.7 Å². The van der Waals surface area contributed by atoms with Crippen molar-refractivity contribution < 1.29 is 23.0 Å². The van der Waals surface area contributed by atoms with Crippen molar-refractivity contribution in [3.8, 4) is 17.4 Å². The molecule has 3 rings (SSSR count). The first kappa shape index (κ1) is 19.8. The van der Waals surface area contributed by atoms with Crippen LogP contribution in [0.3, 0.4) is 0 Å². The molecule has 2 aromatic rings. The molecule has 4 nitrogen and oxygen atoms in total. The number of aryl methyl sites for hydroxylation is 1. The van der Waals surface area contributed by atoms with Gasteiger partial charge in [0.05, 0.1) is 5.56 Å². The molecule has 0 amide bonds. The predicted octanol–water partition coefficient (Wildman–Crippen LogP) is 5.18. The van der Waals surface area contributed by atoms with Crippen LogP contribution in [-0.4, -0.2) is 23.2 Å². The SMILES string of the molecule is Oc1ccc(CCCNCC2CC2)c(Oc2ncc(C(F)(F)F)cc2Cl)c1. The van der Waals surface area contributed by atoms with Crippen LogP contribution in [0.5, 0.6) is 17.4 Å². The van der Waals surface area contributed by atoms with Crippen LogP contribution in [0, 0.1) is 5.92 Å². The first-order chi connectivity index (χ1) is 12.8. The third kappa shape index (κ3) is 5.74. The van der Waals surface area contributed by atoms with Gasteiger partial charge in [0.2, 0.25) is 5.88 Å². The van der Waals surface area contributed by atoms with Gasteiger partial charge in [-0.05, 0) is 62.4 Å². The maximum atomic E-state index is 12.7. The van der Waals surface area contributed by atoms with E-state index in [1.807, 2.05) is 0 Å². The number of alkyl halides is 3. The van der Waals surface area contributed by atoms with Gasteiger partial charge in [-0.25, -0.2) is 4.98 Å². The highest BCUT2D eigenvalue weighted by atomic mass is 35.5. The number of benzene rings is 1. The Labute approximate surface area is 160 Å². The summed E-state index contributed by atoms with van der Waals surface area (Å²) in [6.45, 7) is 1.89. The minimum absolute atomic E-state index is 0.0105.